The van der Waals surface area contributed by atoms with Crippen molar-refractivity contribution in [3.63, 3.8) is 0 Å². The lowest BCUT2D eigenvalue weighted by Crippen LogP contribution is -2.21. The topological polar surface area (TPSA) is 35.2 Å². The molecular weight excluding hydrogens is 210 g/mol. The Kier molecular flexibility index (Phi) is 5.01. The molecule has 2 heteroatoms. The Balaban J connectivity index is 3.11. The first-order valence-electron chi connectivity index (χ1n) is 6.42. The molecule has 2 N–H and O–H groups in total. The second-order valence-corrected chi connectivity index (χ2v) is 4.99. The van der Waals surface area contributed by atoms with Crippen molar-refractivity contribution >= 4 is 0 Å². The molecule has 0 saturated carbocycles. The molecule has 96 valence electrons. The summed E-state index contributed by atoms with van der Waals surface area (Å²) in [5, 5.41) is 0. The SMILES string of the molecule is CCCC(C)C(N)c1c(C)cc(C)cc1OC. The third-order valence-electron chi connectivity index (χ3n) is 3.40. The van der Waals surface area contributed by atoms with Crippen molar-refractivity contribution in [2.24, 2.45) is 11.7 Å². The van der Waals surface area contributed by atoms with Crippen LogP contribution in [0.2, 0.25) is 0 Å². The fourth-order valence-electron chi connectivity index (χ4n) is 2.46. The summed E-state index contributed by atoms with van der Waals surface area (Å²) in [5.74, 6) is 1.41. The number of methoxy groups -OCH3 is 1. The monoisotopic (exact) mass is 235 g/mol. The van der Waals surface area contributed by atoms with Crippen LogP contribution < -0.4 is 10.5 Å². The van der Waals surface area contributed by atoms with Gasteiger partial charge in [-0.05, 0) is 43.4 Å². The quantitative estimate of drug-likeness (QED) is 0.843. The molecule has 2 atom stereocenters. The van der Waals surface area contributed by atoms with Gasteiger partial charge in [0.15, 0.2) is 0 Å². The first-order chi connectivity index (χ1) is 8.01. The van der Waals surface area contributed by atoms with Crippen LogP contribution in [0.4, 0.5) is 0 Å². The molecular formula is C15H25NO. The Bertz CT molecular complexity index is 373. The molecule has 1 rings (SSSR count). The van der Waals surface area contributed by atoms with Gasteiger partial charge in [0.2, 0.25) is 0 Å². The van der Waals surface area contributed by atoms with Gasteiger partial charge in [-0.1, -0.05) is 26.3 Å². The molecule has 2 nitrogen and oxygen atoms in total. The van der Waals surface area contributed by atoms with Gasteiger partial charge >= 0.3 is 0 Å². The summed E-state index contributed by atoms with van der Waals surface area (Å²) in [5.41, 5.74) is 9.99. The molecule has 0 fully saturated rings. The fraction of sp³-hybridized carbons (Fsp3) is 0.600. The highest BCUT2D eigenvalue weighted by Crippen LogP contribution is 2.33. The lowest BCUT2D eigenvalue weighted by molar-refractivity contribution is 0.381. The second-order valence-electron chi connectivity index (χ2n) is 4.99. The Morgan fingerprint density at radius 1 is 1.29 bits per heavy atom. The van der Waals surface area contributed by atoms with Gasteiger partial charge in [0, 0.05) is 11.6 Å². The average Bonchev–Trinajstić information content (AvgIpc) is 2.27. The maximum absolute atomic E-state index is 6.37. The van der Waals surface area contributed by atoms with E-state index in [9.17, 15) is 0 Å². The molecule has 2 unspecified atom stereocenters. The summed E-state index contributed by atoms with van der Waals surface area (Å²) in [4.78, 5) is 0. The van der Waals surface area contributed by atoms with Crippen LogP contribution in [0.25, 0.3) is 0 Å². The lowest BCUT2D eigenvalue weighted by Gasteiger charge is -2.24. The highest BCUT2D eigenvalue weighted by atomic mass is 16.5. The third-order valence-corrected chi connectivity index (χ3v) is 3.40. The fourth-order valence-corrected chi connectivity index (χ4v) is 2.46. The first-order valence-corrected chi connectivity index (χ1v) is 6.42. The van der Waals surface area contributed by atoms with Gasteiger partial charge in [0.25, 0.3) is 0 Å². The Labute approximate surface area is 105 Å². The van der Waals surface area contributed by atoms with Gasteiger partial charge < -0.3 is 10.5 Å². The predicted molar refractivity (Wildman–Crippen MR) is 73.5 cm³/mol. The van der Waals surface area contributed by atoms with Crippen LogP contribution >= 0.6 is 0 Å². The minimum atomic E-state index is 0.0606. The Morgan fingerprint density at radius 2 is 1.94 bits per heavy atom. The van der Waals surface area contributed by atoms with Crippen molar-refractivity contribution in [3.05, 3.63) is 28.8 Å². The molecule has 0 saturated heterocycles. The maximum Gasteiger partial charge on any atom is 0.124 e. The van der Waals surface area contributed by atoms with E-state index in [4.69, 9.17) is 10.5 Å². The summed E-state index contributed by atoms with van der Waals surface area (Å²) < 4.78 is 5.48. The molecule has 0 amide bonds. The molecule has 0 heterocycles. The van der Waals surface area contributed by atoms with Crippen molar-refractivity contribution in [3.8, 4) is 5.75 Å². The van der Waals surface area contributed by atoms with Crippen molar-refractivity contribution in [1.82, 2.24) is 0 Å². The summed E-state index contributed by atoms with van der Waals surface area (Å²) >= 11 is 0. The lowest BCUT2D eigenvalue weighted by atomic mass is 9.88. The minimum Gasteiger partial charge on any atom is -0.496 e. The molecule has 0 aliphatic rings. The zero-order valence-corrected chi connectivity index (χ0v) is 11.7. The van der Waals surface area contributed by atoms with Crippen molar-refractivity contribution < 1.29 is 4.74 Å². The predicted octanol–water partition coefficient (Wildman–Crippen LogP) is 3.75. The normalized spacial score (nSPS) is 14.5. The van der Waals surface area contributed by atoms with Crippen LogP contribution in [0, 0.1) is 19.8 Å². The number of aryl methyl sites for hydroxylation is 2. The summed E-state index contributed by atoms with van der Waals surface area (Å²) in [6.45, 7) is 8.61. The van der Waals surface area contributed by atoms with E-state index in [0.29, 0.717) is 5.92 Å². The van der Waals surface area contributed by atoms with Crippen LogP contribution in [-0.2, 0) is 0 Å². The number of hydrogen-bond acceptors (Lipinski definition) is 2. The standard InChI is InChI=1S/C15H25NO/c1-6-7-11(3)15(16)14-12(4)8-10(2)9-13(14)17-5/h8-9,11,15H,6-7,16H2,1-5H3. The number of hydrogen-bond donors (Lipinski definition) is 1. The smallest absolute Gasteiger partial charge is 0.124 e. The van der Waals surface area contributed by atoms with E-state index in [1.54, 1.807) is 7.11 Å². The molecule has 0 aliphatic heterocycles. The van der Waals surface area contributed by atoms with Gasteiger partial charge in [-0.15, -0.1) is 0 Å². The van der Waals surface area contributed by atoms with Crippen molar-refractivity contribution in [2.45, 2.75) is 46.6 Å². The molecule has 0 spiro atoms. The van der Waals surface area contributed by atoms with Gasteiger partial charge in [0.05, 0.1) is 7.11 Å². The Hall–Kier alpha value is -1.02. The molecule has 1 aromatic rings. The summed E-state index contributed by atoms with van der Waals surface area (Å²) in [7, 11) is 1.72. The molecule has 0 aliphatic carbocycles. The zero-order valence-electron chi connectivity index (χ0n) is 11.7. The highest BCUT2D eigenvalue weighted by molar-refractivity contribution is 5.45. The first kappa shape index (κ1) is 14.0. The third kappa shape index (κ3) is 3.22. The van der Waals surface area contributed by atoms with E-state index in [1.807, 2.05) is 0 Å². The van der Waals surface area contributed by atoms with Gasteiger partial charge in [0.1, 0.15) is 5.75 Å². The van der Waals surface area contributed by atoms with Crippen LogP contribution in [0.3, 0.4) is 0 Å². The van der Waals surface area contributed by atoms with Crippen LogP contribution in [0.15, 0.2) is 12.1 Å². The van der Waals surface area contributed by atoms with Crippen molar-refractivity contribution in [2.75, 3.05) is 7.11 Å². The molecule has 0 aromatic heterocycles. The average molecular weight is 235 g/mol. The number of benzene rings is 1. The number of nitrogens with two attached hydrogens (primary N) is 1. The maximum atomic E-state index is 6.37. The molecule has 1 aromatic carbocycles. The summed E-state index contributed by atoms with van der Waals surface area (Å²) in [6, 6.07) is 4.31. The zero-order chi connectivity index (χ0) is 13.0. The largest absolute Gasteiger partial charge is 0.496 e. The van der Waals surface area contributed by atoms with E-state index >= 15 is 0 Å². The van der Waals surface area contributed by atoms with Crippen molar-refractivity contribution in [1.29, 1.82) is 0 Å². The van der Waals surface area contributed by atoms with Crippen LogP contribution in [0.1, 0.15) is 49.4 Å². The highest BCUT2D eigenvalue weighted by Gasteiger charge is 2.20. The Morgan fingerprint density at radius 3 is 2.47 bits per heavy atom. The van der Waals surface area contributed by atoms with Gasteiger partial charge in [-0.3, -0.25) is 0 Å². The second kappa shape index (κ2) is 6.06. The molecule has 17 heavy (non-hydrogen) atoms. The van der Waals surface area contributed by atoms with E-state index in [1.165, 1.54) is 23.1 Å². The summed E-state index contributed by atoms with van der Waals surface area (Å²) in [6.07, 6.45) is 2.32. The minimum absolute atomic E-state index is 0.0606. The number of ether oxygens (including phenoxy) is 1. The molecule has 0 bridgehead atoms. The van der Waals surface area contributed by atoms with Gasteiger partial charge in [-0.2, -0.15) is 0 Å². The molecule has 0 radical (unpaired) electrons. The van der Waals surface area contributed by atoms with Gasteiger partial charge in [-0.25, -0.2) is 0 Å². The van der Waals surface area contributed by atoms with E-state index in [-0.39, 0.29) is 6.04 Å². The number of rotatable bonds is 5. The van der Waals surface area contributed by atoms with Crippen LogP contribution in [0.5, 0.6) is 5.75 Å². The van der Waals surface area contributed by atoms with Crippen LogP contribution in [-0.4, -0.2) is 7.11 Å². The van der Waals surface area contributed by atoms with E-state index in [0.717, 1.165) is 12.2 Å². The van der Waals surface area contributed by atoms with E-state index in [2.05, 4.69) is 39.8 Å². The van der Waals surface area contributed by atoms with E-state index < -0.39 is 0 Å².